The largest absolute Gasteiger partial charge is 0.464 e. The molecule has 0 fully saturated rings. The Kier molecular flexibility index (Phi) is 7.00. The van der Waals surface area contributed by atoms with Crippen LogP contribution in [0.3, 0.4) is 0 Å². The van der Waals surface area contributed by atoms with E-state index in [1.165, 1.54) is 0 Å². The van der Waals surface area contributed by atoms with E-state index in [0.717, 1.165) is 6.42 Å². The standard InChI is InChI=1S/C8H15NO4S/c1-3-6(2)7(10)12-5-4-9-8(11)13-14/h6,14H,3-5H2,1-2H3,(H,9,11). The average Bonchev–Trinajstić information content (AvgIpc) is 2.22. The van der Waals surface area contributed by atoms with Crippen LogP contribution in [-0.4, -0.2) is 25.2 Å². The fourth-order valence-corrected chi connectivity index (χ4v) is 0.710. The summed E-state index contributed by atoms with van der Waals surface area (Å²) < 4.78 is 8.89. The van der Waals surface area contributed by atoms with E-state index in [-0.39, 0.29) is 25.0 Å². The number of amides is 1. The van der Waals surface area contributed by atoms with Crippen molar-refractivity contribution in [1.82, 2.24) is 5.32 Å². The van der Waals surface area contributed by atoms with Gasteiger partial charge >= 0.3 is 12.1 Å². The zero-order valence-corrected chi connectivity index (χ0v) is 9.17. The molecule has 0 rings (SSSR count). The van der Waals surface area contributed by atoms with E-state index in [1.54, 1.807) is 6.92 Å². The first kappa shape index (κ1) is 13.1. The van der Waals surface area contributed by atoms with Crippen LogP contribution in [-0.2, 0) is 13.7 Å². The van der Waals surface area contributed by atoms with Gasteiger partial charge in [0.1, 0.15) is 6.61 Å². The van der Waals surface area contributed by atoms with Gasteiger partial charge in [0.2, 0.25) is 0 Å². The first-order valence-electron chi connectivity index (χ1n) is 4.37. The molecule has 1 atom stereocenters. The zero-order valence-electron chi connectivity index (χ0n) is 8.28. The first-order chi connectivity index (χ1) is 6.61. The van der Waals surface area contributed by atoms with E-state index in [4.69, 9.17) is 4.74 Å². The highest BCUT2D eigenvalue weighted by molar-refractivity contribution is 7.75. The van der Waals surface area contributed by atoms with Gasteiger partial charge in [-0.2, -0.15) is 0 Å². The fourth-order valence-electron chi connectivity index (χ4n) is 0.646. The van der Waals surface area contributed by atoms with Gasteiger partial charge in [-0.1, -0.05) is 13.8 Å². The summed E-state index contributed by atoms with van der Waals surface area (Å²) in [7, 11) is 0. The summed E-state index contributed by atoms with van der Waals surface area (Å²) in [5, 5.41) is 2.33. The van der Waals surface area contributed by atoms with Crippen LogP contribution in [0.1, 0.15) is 20.3 Å². The Balaban J connectivity index is 3.45. The Morgan fingerprint density at radius 3 is 2.64 bits per heavy atom. The third-order valence-electron chi connectivity index (χ3n) is 1.71. The van der Waals surface area contributed by atoms with Gasteiger partial charge < -0.3 is 14.2 Å². The fraction of sp³-hybridized carbons (Fsp3) is 0.750. The molecule has 0 saturated heterocycles. The van der Waals surface area contributed by atoms with Gasteiger partial charge in [0.25, 0.3) is 0 Å². The van der Waals surface area contributed by atoms with E-state index in [1.807, 2.05) is 6.92 Å². The number of carbonyl (C=O) groups excluding carboxylic acids is 2. The summed E-state index contributed by atoms with van der Waals surface area (Å²) in [6.45, 7) is 4.06. The number of thiol groups is 1. The third-order valence-corrected chi connectivity index (χ3v) is 1.88. The molecule has 0 aromatic rings. The molecule has 1 N–H and O–H groups in total. The molecule has 0 aromatic carbocycles. The monoisotopic (exact) mass is 221 g/mol. The van der Waals surface area contributed by atoms with Crippen LogP contribution in [0.2, 0.25) is 0 Å². The molecular formula is C8H15NO4S. The molecule has 14 heavy (non-hydrogen) atoms. The lowest BCUT2D eigenvalue weighted by molar-refractivity contribution is -0.147. The molecule has 1 unspecified atom stereocenters. The summed E-state index contributed by atoms with van der Waals surface area (Å²) in [4.78, 5) is 21.6. The number of hydrogen-bond acceptors (Lipinski definition) is 5. The maximum absolute atomic E-state index is 11.1. The lowest BCUT2D eigenvalue weighted by Crippen LogP contribution is -2.27. The smallest absolute Gasteiger partial charge is 0.419 e. The van der Waals surface area contributed by atoms with Crippen LogP contribution in [0.15, 0.2) is 0 Å². The summed E-state index contributed by atoms with van der Waals surface area (Å²) in [5.41, 5.74) is 0. The van der Waals surface area contributed by atoms with Gasteiger partial charge in [-0.3, -0.25) is 4.79 Å². The topological polar surface area (TPSA) is 64.6 Å². The maximum Gasteiger partial charge on any atom is 0.419 e. The van der Waals surface area contributed by atoms with Crippen molar-refractivity contribution in [3.8, 4) is 0 Å². The minimum Gasteiger partial charge on any atom is -0.464 e. The molecule has 0 heterocycles. The number of hydrogen-bond donors (Lipinski definition) is 2. The van der Waals surface area contributed by atoms with E-state index >= 15 is 0 Å². The normalized spacial score (nSPS) is 11.6. The van der Waals surface area contributed by atoms with Crippen LogP contribution in [0.5, 0.6) is 0 Å². The van der Waals surface area contributed by atoms with Gasteiger partial charge in [-0.15, -0.1) is 0 Å². The van der Waals surface area contributed by atoms with E-state index < -0.39 is 6.09 Å². The lowest BCUT2D eigenvalue weighted by atomic mass is 10.1. The molecule has 0 aliphatic rings. The predicted octanol–water partition coefficient (Wildman–Crippen LogP) is 1.15. The molecule has 82 valence electrons. The predicted molar refractivity (Wildman–Crippen MR) is 53.9 cm³/mol. The number of esters is 1. The van der Waals surface area contributed by atoms with Gasteiger partial charge in [0.05, 0.1) is 12.5 Å². The van der Waals surface area contributed by atoms with Crippen LogP contribution in [0, 0.1) is 5.92 Å². The van der Waals surface area contributed by atoms with Crippen molar-refractivity contribution in [3.05, 3.63) is 0 Å². The van der Waals surface area contributed by atoms with E-state index in [9.17, 15) is 9.59 Å². The van der Waals surface area contributed by atoms with Gasteiger partial charge in [0, 0.05) is 12.9 Å². The summed E-state index contributed by atoms with van der Waals surface area (Å²) in [6, 6.07) is 0. The molecule has 0 aliphatic heterocycles. The van der Waals surface area contributed by atoms with Crippen LogP contribution < -0.4 is 5.32 Å². The molecular weight excluding hydrogens is 206 g/mol. The first-order valence-corrected chi connectivity index (χ1v) is 4.74. The second kappa shape index (κ2) is 7.49. The third kappa shape index (κ3) is 5.69. The Morgan fingerprint density at radius 1 is 1.50 bits per heavy atom. The van der Waals surface area contributed by atoms with Crippen molar-refractivity contribution < 1.29 is 18.5 Å². The molecule has 0 aliphatic carbocycles. The van der Waals surface area contributed by atoms with Gasteiger partial charge in [-0.25, -0.2) is 4.79 Å². The molecule has 0 bridgehead atoms. The van der Waals surface area contributed by atoms with Crippen molar-refractivity contribution in [2.24, 2.45) is 5.92 Å². The molecule has 0 saturated carbocycles. The number of nitrogens with one attached hydrogen (secondary N) is 1. The summed E-state index contributed by atoms with van der Waals surface area (Å²) in [6.07, 6.45) is 0.0817. The van der Waals surface area contributed by atoms with Gasteiger partial charge in [-0.05, 0) is 6.42 Å². The minimum atomic E-state index is -0.659. The van der Waals surface area contributed by atoms with Crippen molar-refractivity contribution in [1.29, 1.82) is 0 Å². The van der Waals surface area contributed by atoms with Gasteiger partial charge in [0.15, 0.2) is 0 Å². The van der Waals surface area contributed by atoms with Crippen LogP contribution in [0.25, 0.3) is 0 Å². The summed E-state index contributed by atoms with van der Waals surface area (Å²) >= 11 is 3.29. The van der Waals surface area contributed by atoms with Crippen LogP contribution >= 0.6 is 12.9 Å². The highest BCUT2D eigenvalue weighted by Crippen LogP contribution is 2.02. The Labute approximate surface area is 88.8 Å². The van der Waals surface area contributed by atoms with E-state index in [0.29, 0.717) is 0 Å². The average molecular weight is 221 g/mol. The molecule has 6 heteroatoms. The Bertz CT molecular complexity index is 198. The zero-order chi connectivity index (χ0) is 11.0. The second-order valence-electron chi connectivity index (χ2n) is 2.78. The lowest BCUT2D eigenvalue weighted by Gasteiger charge is -2.08. The Morgan fingerprint density at radius 2 is 2.14 bits per heavy atom. The Hall–Kier alpha value is -0.910. The van der Waals surface area contributed by atoms with Crippen LogP contribution in [0.4, 0.5) is 4.79 Å². The molecule has 0 spiro atoms. The molecule has 0 aromatic heterocycles. The maximum atomic E-state index is 11.1. The molecule has 1 amide bonds. The SMILES string of the molecule is CCC(C)C(=O)OCCNC(=O)OS. The summed E-state index contributed by atoms with van der Waals surface area (Å²) in [5.74, 6) is -0.361. The molecule has 5 nitrogen and oxygen atoms in total. The molecule has 0 radical (unpaired) electrons. The van der Waals surface area contributed by atoms with Crippen molar-refractivity contribution in [3.63, 3.8) is 0 Å². The number of ether oxygens (including phenoxy) is 1. The van der Waals surface area contributed by atoms with Crippen molar-refractivity contribution >= 4 is 25.0 Å². The number of carbonyl (C=O) groups is 2. The number of rotatable bonds is 5. The highest BCUT2D eigenvalue weighted by atomic mass is 32.1. The van der Waals surface area contributed by atoms with Crippen molar-refractivity contribution in [2.75, 3.05) is 13.2 Å². The van der Waals surface area contributed by atoms with E-state index in [2.05, 4.69) is 22.4 Å². The second-order valence-corrected chi connectivity index (χ2v) is 2.96. The highest BCUT2D eigenvalue weighted by Gasteiger charge is 2.11. The van der Waals surface area contributed by atoms with Crippen molar-refractivity contribution in [2.45, 2.75) is 20.3 Å². The quantitative estimate of drug-likeness (QED) is 0.316. The minimum absolute atomic E-state index is 0.105.